The van der Waals surface area contributed by atoms with Crippen molar-refractivity contribution in [3.8, 4) is 5.88 Å². The van der Waals surface area contributed by atoms with Crippen molar-refractivity contribution in [1.82, 2.24) is 10.3 Å². The number of halogens is 1. The Kier molecular flexibility index (Phi) is 4.55. The molecule has 0 aliphatic heterocycles. The van der Waals surface area contributed by atoms with Crippen molar-refractivity contribution in [3.05, 3.63) is 44.2 Å². The van der Waals surface area contributed by atoms with Crippen LogP contribution in [0.25, 0.3) is 0 Å². The Balaban J connectivity index is 2.04. The third-order valence-electron chi connectivity index (χ3n) is 2.56. The highest BCUT2D eigenvalue weighted by Crippen LogP contribution is 2.27. The predicted octanol–water partition coefficient (Wildman–Crippen LogP) is 3.15. The van der Waals surface area contributed by atoms with Gasteiger partial charge >= 0.3 is 0 Å². The number of rotatable bonds is 4. The van der Waals surface area contributed by atoms with E-state index in [2.05, 4.69) is 26.2 Å². The Morgan fingerprint density at radius 1 is 1.58 bits per heavy atom. The Bertz CT molecular complexity index is 579. The van der Waals surface area contributed by atoms with Crippen molar-refractivity contribution < 1.29 is 9.53 Å². The van der Waals surface area contributed by atoms with Gasteiger partial charge in [-0.05, 0) is 40.5 Å². The van der Waals surface area contributed by atoms with E-state index in [1.165, 1.54) is 11.3 Å². The summed E-state index contributed by atoms with van der Waals surface area (Å²) in [6.45, 7) is 2.35. The average molecular weight is 341 g/mol. The number of hydrogen-bond donors (Lipinski definition) is 1. The lowest BCUT2D eigenvalue weighted by Gasteiger charge is -2.07. The molecule has 6 heteroatoms. The van der Waals surface area contributed by atoms with Crippen molar-refractivity contribution >= 4 is 33.2 Å². The molecule has 0 unspecified atom stereocenters. The molecule has 0 bridgehead atoms. The van der Waals surface area contributed by atoms with E-state index in [1.54, 1.807) is 13.3 Å². The summed E-state index contributed by atoms with van der Waals surface area (Å²) in [7, 11) is 1.56. The number of pyridine rings is 1. The molecule has 1 amide bonds. The second-order valence-corrected chi connectivity index (χ2v) is 6.29. The monoisotopic (exact) mass is 340 g/mol. The molecule has 0 radical (unpaired) electrons. The molecular weight excluding hydrogens is 328 g/mol. The van der Waals surface area contributed by atoms with Crippen LogP contribution in [0.4, 0.5) is 0 Å². The lowest BCUT2D eigenvalue weighted by molar-refractivity contribution is 0.0954. The molecule has 2 heterocycles. The second-order valence-electron chi connectivity index (χ2n) is 3.92. The first-order valence-electron chi connectivity index (χ1n) is 5.64. The fraction of sp³-hybridized carbons (Fsp3) is 0.231. The van der Waals surface area contributed by atoms with E-state index in [-0.39, 0.29) is 5.91 Å². The van der Waals surface area contributed by atoms with Gasteiger partial charge in [0.15, 0.2) is 0 Å². The highest BCUT2D eigenvalue weighted by Gasteiger charge is 2.12. The minimum atomic E-state index is -0.0929. The predicted molar refractivity (Wildman–Crippen MR) is 78.7 cm³/mol. The molecule has 2 aromatic heterocycles. The van der Waals surface area contributed by atoms with E-state index in [0.29, 0.717) is 17.3 Å². The third-order valence-corrected chi connectivity index (χ3v) is 4.70. The van der Waals surface area contributed by atoms with Gasteiger partial charge in [-0.25, -0.2) is 4.98 Å². The second kappa shape index (κ2) is 6.16. The molecule has 0 spiro atoms. The van der Waals surface area contributed by atoms with Crippen molar-refractivity contribution in [3.63, 3.8) is 0 Å². The fourth-order valence-electron chi connectivity index (χ4n) is 1.58. The zero-order chi connectivity index (χ0) is 13.8. The van der Waals surface area contributed by atoms with Crippen molar-refractivity contribution in [2.75, 3.05) is 7.11 Å². The highest BCUT2D eigenvalue weighted by molar-refractivity contribution is 9.11. The Morgan fingerprint density at radius 3 is 3.00 bits per heavy atom. The first-order chi connectivity index (χ1) is 9.11. The number of carbonyl (C=O) groups excluding carboxylic acids is 1. The van der Waals surface area contributed by atoms with Gasteiger partial charge in [0.2, 0.25) is 5.88 Å². The summed E-state index contributed by atoms with van der Waals surface area (Å²) in [6.07, 6.45) is 1.66. The first kappa shape index (κ1) is 14.0. The fourth-order valence-corrected chi connectivity index (χ4v) is 3.03. The molecule has 1 N–H and O–H groups in total. The van der Waals surface area contributed by atoms with Gasteiger partial charge in [0.1, 0.15) is 0 Å². The number of methoxy groups -OCH3 is 1. The summed E-state index contributed by atoms with van der Waals surface area (Å²) in [5.74, 6) is 0.441. The number of thiophene rings is 1. The van der Waals surface area contributed by atoms with Crippen molar-refractivity contribution in [2.45, 2.75) is 13.5 Å². The molecule has 0 atom stereocenters. The number of nitrogens with one attached hydrogen (secondary N) is 1. The van der Waals surface area contributed by atoms with Crippen molar-refractivity contribution in [1.29, 1.82) is 0 Å². The molecule has 0 saturated heterocycles. The molecule has 0 fully saturated rings. The number of amides is 1. The van der Waals surface area contributed by atoms with Crippen LogP contribution in [0.1, 0.15) is 20.8 Å². The largest absolute Gasteiger partial charge is 0.481 e. The maximum absolute atomic E-state index is 12.0. The minimum Gasteiger partial charge on any atom is -0.481 e. The van der Waals surface area contributed by atoms with Crippen LogP contribution >= 0.6 is 27.3 Å². The number of ether oxygens (including phenoxy) is 1. The third kappa shape index (κ3) is 3.33. The maximum atomic E-state index is 12.0. The van der Waals surface area contributed by atoms with Crippen LogP contribution < -0.4 is 10.1 Å². The molecule has 0 saturated carbocycles. The van der Waals surface area contributed by atoms with Gasteiger partial charge in [0.25, 0.3) is 5.91 Å². The van der Waals surface area contributed by atoms with E-state index in [4.69, 9.17) is 4.74 Å². The van der Waals surface area contributed by atoms with E-state index in [0.717, 1.165) is 14.9 Å². The number of aromatic nitrogens is 1. The smallest absolute Gasteiger partial charge is 0.261 e. The molecule has 2 rings (SSSR count). The van der Waals surface area contributed by atoms with E-state index in [9.17, 15) is 4.79 Å². The highest BCUT2D eigenvalue weighted by atomic mass is 79.9. The van der Waals surface area contributed by atoms with Crippen LogP contribution in [0.3, 0.4) is 0 Å². The van der Waals surface area contributed by atoms with Gasteiger partial charge in [-0.3, -0.25) is 4.79 Å². The number of aryl methyl sites for hydroxylation is 1. The van der Waals surface area contributed by atoms with Crippen LogP contribution in [0.5, 0.6) is 5.88 Å². The molecule has 4 nitrogen and oxygen atoms in total. The van der Waals surface area contributed by atoms with Crippen LogP contribution in [-0.2, 0) is 6.54 Å². The van der Waals surface area contributed by atoms with Crippen LogP contribution in [-0.4, -0.2) is 18.0 Å². The zero-order valence-electron chi connectivity index (χ0n) is 10.6. The molecular formula is C13H13BrN2O2S. The molecule has 0 aliphatic carbocycles. The Morgan fingerprint density at radius 2 is 2.37 bits per heavy atom. The number of carbonyl (C=O) groups is 1. The van der Waals surface area contributed by atoms with E-state index >= 15 is 0 Å². The minimum absolute atomic E-state index is 0.0929. The lowest BCUT2D eigenvalue weighted by Crippen LogP contribution is -2.22. The summed E-state index contributed by atoms with van der Waals surface area (Å²) in [6, 6.07) is 5.56. The maximum Gasteiger partial charge on any atom is 0.261 e. The van der Waals surface area contributed by atoms with Crippen LogP contribution in [0.2, 0.25) is 0 Å². The van der Waals surface area contributed by atoms with Gasteiger partial charge < -0.3 is 10.1 Å². The summed E-state index contributed by atoms with van der Waals surface area (Å²) in [5.41, 5.74) is 1.92. The van der Waals surface area contributed by atoms with Gasteiger partial charge in [-0.1, -0.05) is 6.07 Å². The normalized spacial score (nSPS) is 10.3. The van der Waals surface area contributed by atoms with E-state index in [1.807, 2.05) is 25.1 Å². The van der Waals surface area contributed by atoms with Crippen LogP contribution in [0, 0.1) is 6.92 Å². The molecule has 0 aliphatic rings. The summed E-state index contributed by atoms with van der Waals surface area (Å²) in [4.78, 5) is 16.8. The van der Waals surface area contributed by atoms with Gasteiger partial charge in [-0.2, -0.15) is 0 Å². The van der Waals surface area contributed by atoms with Gasteiger partial charge in [0.05, 0.1) is 15.8 Å². The number of hydrogen-bond acceptors (Lipinski definition) is 4. The first-order valence-corrected chi connectivity index (χ1v) is 7.24. The SMILES string of the molecule is COc1ncccc1CNC(=O)c1cc(C)c(Br)s1. The molecule has 19 heavy (non-hydrogen) atoms. The standard InChI is InChI=1S/C13H13BrN2O2S/c1-8-6-10(19-11(8)14)12(17)16-7-9-4-3-5-15-13(9)18-2/h3-6H,7H2,1-2H3,(H,16,17). The molecule has 0 aromatic carbocycles. The summed E-state index contributed by atoms with van der Waals surface area (Å²) < 4.78 is 6.12. The Labute approximate surface area is 124 Å². The zero-order valence-corrected chi connectivity index (χ0v) is 13.0. The Hall–Kier alpha value is -1.40. The quantitative estimate of drug-likeness (QED) is 0.929. The average Bonchev–Trinajstić information content (AvgIpc) is 2.76. The van der Waals surface area contributed by atoms with Crippen LogP contribution in [0.15, 0.2) is 28.2 Å². The van der Waals surface area contributed by atoms with Gasteiger partial charge in [0, 0.05) is 18.3 Å². The summed E-state index contributed by atoms with van der Waals surface area (Å²) >= 11 is 4.84. The molecule has 100 valence electrons. The van der Waals surface area contributed by atoms with E-state index < -0.39 is 0 Å². The summed E-state index contributed by atoms with van der Waals surface area (Å²) in [5, 5.41) is 2.86. The topological polar surface area (TPSA) is 51.2 Å². The number of nitrogens with zero attached hydrogens (tertiary/aromatic N) is 1. The molecule has 2 aromatic rings. The lowest BCUT2D eigenvalue weighted by atomic mass is 10.2. The van der Waals surface area contributed by atoms with Gasteiger partial charge in [-0.15, -0.1) is 11.3 Å². The van der Waals surface area contributed by atoms with Crippen molar-refractivity contribution in [2.24, 2.45) is 0 Å².